The smallest absolute Gasteiger partial charge is 0.338 e. The lowest BCUT2D eigenvalue weighted by atomic mass is 10.1. The van der Waals surface area contributed by atoms with E-state index in [4.69, 9.17) is 15.2 Å². The van der Waals surface area contributed by atoms with Crippen LogP contribution in [0, 0.1) is 0 Å². The minimum Gasteiger partial charge on any atom is -0.492 e. The topological polar surface area (TPSA) is 61.5 Å². The highest BCUT2D eigenvalue weighted by Crippen LogP contribution is 2.22. The lowest BCUT2D eigenvalue weighted by molar-refractivity contribution is 0.0497. The Hall–Kier alpha value is -1.71. The molecule has 4 heteroatoms. The summed E-state index contributed by atoms with van der Waals surface area (Å²) in [5.41, 5.74) is 6.77. The van der Waals surface area contributed by atoms with E-state index < -0.39 is 0 Å². The fourth-order valence-electron chi connectivity index (χ4n) is 2.09. The highest BCUT2D eigenvalue weighted by atomic mass is 16.5. The first-order valence-electron chi connectivity index (χ1n) is 7.88. The third-order valence-electron chi connectivity index (χ3n) is 3.28. The molecule has 4 nitrogen and oxygen atoms in total. The van der Waals surface area contributed by atoms with Gasteiger partial charge in [-0.25, -0.2) is 4.79 Å². The fourth-order valence-corrected chi connectivity index (χ4v) is 2.09. The van der Waals surface area contributed by atoms with Gasteiger partial charge in [-0.3, -0.25) is 0 Å². The van der Waals surface area contributed by atoms with Crippen molar-refractivity contribution < 1.29 is 14.3 Å². The van der Waals surface area contributed by atoms with Gasteiger partial charge in [0.25, 0.3) is 0 Å². The molecule has 118 valence electrons. The molecule has 0 bridgehead atoms. The standard InChI is InChI=1S/C17H27NO3/c1-3-5-6-7-8-9-12-21-17(19)14-10-11-16(20-4-2)15(18)13-14/h10-11,13H,3-9,12,18H2,1-2H3. The minimum absolute atomic E-state index is 0.321. The van der Waals surface area contributed by atoms with E-state index in [0.717, 1.165) is 12.8 Å². The van der Waals surface area contributed by atoms with Crippen LogP contribution in [-0.4, -0.2) is 19.2 Å². The number of rotatable bonds is 10. The van der Waals surface area contributed by atoms with Gasteiger partial charge < -0.3 is 15.2 Å². The Morgan fingerprint density at radius 2 is 1.81 bits per heavy atom. The highest BCUT2D eigenvalue weighted by molar-refractivity contribution is 5.91. The van der Waals surface area contributed by atoms with E-state index in [1.807, 2.05) is 6.92 Å². The number of benzene rings is 1. The molecule has 2 N–H and O–H groups in total. The van der Waals surface area contributed by atoms with E-state index in [2.05, 4.69) is 6.92 Å². The molecule has 1 rings (SSSR count). The normalized spacial score (nSPS) is 10.4. The van der Waals surface area contributed by atoms with Crippen molar-refractivity contribution in [3.63, 3.8) is 0 Å². The third-order valence-corrected chi connectivity index (χ3v) is 3.28. The van der Waals surface area contributed by atoms with Gasteiger partial charge in [0.15, 0.2) is 0 Å². The number of hydrogen-bond donors (Lipinski definition) is 1. The number of carbonyl (C=O) groups excluding carboxylic acids is 1. The van der Waals surface area contributed by atoms with Gasteiger partial charge in [-0.2, -0.15) is 0 Å². The molecule has 0 saturated carbocycles. The molecule has 0 amide bonds. The molecular formula is C17H27NO3. The summed E-state index contributed by atoms with van der Waals surface area (Å²) in [7, 11) is 0. The Balaban J connectivity index is 2.30. The van der Waals surface area contributed by atoms with Crippen LogP contribution in [0.5, 0.6) is 5.75 Å². The zero-order valence-electron chi connectivity index (χ0n) is 13.2. The summed E-state index contributed by atoms with van der Waals surface area (Å²) in [4.78, 5) is 11.9. The maximum absolute atomic E-state index is 11.9. The number of hydrogen-bond acceptors (Lipinski definition) is 4. The molecule has 0 saturated heterocycles. The number of nitrogen functional groups attached to an aromatic ring is 1. The maximum atomic E-state index is 11.9. The Labute approximate surface area is 127 Å². The molecule has 0 aliphatic carbocycles. The van der Waals surface area contributed by atoms with Crippen LogP contribution >= 0.6 is 0 Å². The van der Waals surface area contributed by atoms with Crippen LogP contribution < -0.4 is 10.5 Å². The molecule has 1 aromatic rings. The first-order chi connectivity index (χ1) is 10.2. The van der Waals surface area contributed by atoms with Crippen molar-refractivity contribution in [2.75, 3.05) is 18.9 Å². The van der Waals surface area contributed by atoms with Gasteiger partial charge >= 0.3 is 5.97 Å². The summed E-state index contributed by atoms with van der Waals surface area (Å²) in [5, 5.41) is 0. The Morgan fingerprint density at radius 3 is 2.48 bits per heavy atom. The molecule has 0 radical (unpaired) electrons. The van der Waals surface area contributed by atoms with Crippen molar-refractivity contribution in [2.45, 2.75) is 52.4 Å². The first kappa shape index (κ1) is 17.3. The Morgan fingerprint density at radius 1 is 1.10 bits per heavy atom. The van der Waals surface area contributed by atoms with Crippen molar-refractivity contribution in [1.29, 1.82) is 0 Å². The van der Waals surface area contributed by atoms with Crippen LogP contribution in [0.15, 0.2) is 18.2 Å². The molecule has 1 aromatic carbocycles. The van der Waals surface area contributed by atoms with E-state index in [-0.39, 0.29) is 5.97 Å². The number of esters is 1. The second-order valence-corrected chi connectivity index (χ2v) is 5.09. The van der Waals surface area contributed by atoms with Crippen molar-refractivity contribution in [3.8, 4) is 5.75 Å². The van der Waals surface area contributed by atoms with Crippen molar-refractivity contribution in [1.82, 2.24) is 0 Å². The van der Waals surface area contributed by atoms with Crippen LogP contribution in [-0.2, 0) is 4.74 Å². The van der Waals surface area contributed by atoms with Crippen LogP contribution in [0.3, 0.4) is 0 Å². The van der Waals surface area contributed by atoms with Crippen molar-refractivity contribution in [2.24, 2.45) is 0 Å². The average molecular weight is 293 g/mol. The minimum atomic E-state index is -0.321. The van der Waals surface area contributed by atoms with E-state index in [9.17, 15) is 4.79 Å². The van der Waals surface area contributed by atoms with Crippen molar-refractivity contribution in [3.05, 3.63) is 23.8 Å². The lowest BCUT2D eigenvalue weighted by Crippen LogP contribution is -2.07. The van der Waals surface area contributed by atoms with Crippen LogP contribution in [0.25, 0.3) is 0 Å². The lowest BCUT2D eigenvalue weighted by Gasteiger charge is -2.09. The summed E-state index contributed by atoms with van der Waals surface area (Å²) in [6, 6.07) is 5.00. The van der Waals surface area contributed by atoms with Crippen LogP contribution in [0.2, 0.25) is 0 Å². The zero-order valence-corrected chi connectivity index (χ0v) is 13.2. The molecule has 0 unspecified atom stereocenters. The first-order valence-corrected chi connectivity index (χ1v) is 7.88. The van der Waals surface area contributed by atoms with Gasteiger partial charge in [-0.1, -0.05) is 39.0 Å². The molecule has 0 spiro atoms. The SMILES string of the molecule is CCCCCCCCOC(=O)c1ccc(OCC)c(N)c1. The maximum Gasteiger partial charge on any atom is 0.338 e. The molecule has 0 fully saturated rings. The Bertz CT molecular complexity index is 432. The predicted octanol–water partition coefficient (Wildman–Crippen LogP) is 4.18. The molecule has 0 aliphatic heterocycles. The summed E-state index contributed by atoms with van der Waals surface area (Å²) in [6.45, 7) is 5.11. The fraction of sp³-hybridized carbons (Fsp3) is 0.588. The molecule has 0 aromatic heterocycles. The monoisotopic (exact) mass is 293 g/mol. The van der Waals surface area contributed by atoms with Crippen LogP contribution in [0.4, 0.5) is 5.69 Å². The molecule has 21 heavy (non-hydrogen) atoms. The van der Waals surface area contributed by atoms with Gasteiger partial charge in [0.2, 0.25) is 0 Å². The van der Waals surface area contributed by atoms with Gasteiger partial charge in [0.05, 0.1) is 24.5 Å². The number of ether oxygens (including phenoxy) is 2. The summed E-state index contributed by atoms with van der Waals surface area (Å²) >= 11 is 0. The molecule has 0 atom stereocenters. The van der Waals surface area contributed by atoms with E-state index in [1.165, 1.54) is 25.7 Å². The molecule has 0 aliphatic rings. The summed E-state index contributed by atoms with van der Waals surface area (Å²) < 4.78 is 10.6. The van der Waals surface area contributed by atoms with Gasteiger partial charge in [-0.15, -0.1) is 0 Å². The Kier molecular flexibility index (Phi) is 8.32. The van der Waals surface area contributed by atoms with Crippen molar-refractivity contribution >= 4 is 11.7 Å². The van der Waals surface area contributed by atoms with Gasteiger partial charge in [0, 0.05) is 0 Å². The molecular weight excluding hydrogens is 266 g/mol. The van der Waals surface area contributed by atoms with E-state index in [0.29, 0.717) is 30.2 Å². The number of carbonyl (C=O) groups is 1. The predicted molar refractivity (Wildman–Crippen MR) is 85.7 cm³/mol. The number of unbranched alkanes of at least 4 members (excludes halogenated alkanes) is 5. The number of anilines is 1. The second-order valence-electron chi connectivity index (χ2n) is 5.09. The average Bonchev–Trinajstić information content (AvgIpc) is 2.48. The van der Waals surface area contributed by atoms with Crippen LogP contribution in [0.1, 0.15) is 62.7 Å². The van der Waals surface area contributed by atoms with E-state index >= 15 is 0 Å². The summed E-state index contributed by atoms with van der Waals surface area (Å²) in [6.07, 6.45) is 7.03. The van der Waals surface area contributed by atoms with Gasteiger partial charge in [-0.05, 0) is 31.5 Å². The highest BCUT2D eigenvalue weighted by Gasteiger charge is 2.09. The molecule has 0 heterocycles. The second kappa shape index (κ2) is 10.1. The van der Waals surface area contributed by atoms with Gasteiger partial charge in [0.1, 0.15) is 5.75 Å². The van der Waals surface area contributed by atoms with E-state index in [1.54, 1.807) is 18.2 Å². The number of nitrogens with two attached hydrogens (primary N) is 1. The summed E-state index contributed by atoms with van der Waals surface area (Å²) in [5.74, 6) is 0.281. The third kappa shape index (κ3) is 6.52. The zero-order chi connectivity index (χ0) is 15.5. The quantitative estimate of drug-likeness (QED) is 0.399. The largest absolute Gasteiger partial charge is 0.492 e.